The number of aromatic nitrogens is 3. The lowest BCUT2D eigenvalue weighted by molar-refractivity contribution is -0.117. The molecule has 0 saturated carbocycles. The summed E-state index contributed by atoms with van der Waals surface area (Å²) in [6, 6.07) is 10.3. The molecule has 11 heteroatoms. The second-order valence-corrected chi connectivity index (χ2v) is 10.1. The van der Waals surface area contributed by atoms with Gasteiger partial charge in [0.25, 0.3) is 0 Å². The summed E-state index contributed by atoms with van der Waals surface area (Å²) in [7, 11) is 17.4. The fraction of sp³-hybridized carbons (Fsp3) is 0.417. The van der Waals surface area contributed by atoms with Crippen molar-refractivity contribution in [3.63, 3.8) is 0 Å². The zero-order valence-corrected chi connectivity index (χ0v) is 20.7. The summed E-state index contributed by atoms with van der Waals surface area (Å²) in [6.07, 6.45) is 0.732. The van der Waals surface area contributed by atoms with Gasteiger partial charge in [0.2, 0.25) is 11.8 Å². The second kappa shape index (κ2) is 9.69. The summed E-state index contributed by atoms with van der Waals surface area (Å²) < 4.78 is 6.62. The monoisotopic (exact) mass is 464 g/mol. The molecule has 35 heavy (non-hydrogen) atoms. The van der Waals surface area contributed by atoms with Crippen molar-refractivity contribution in [3.05, 3.63) is 47.2 Å². The average molecular weight is 464 g/mol. The molecule has 0 aliphatic heterocycles. The van der Waals surface area contributed by atoms with Crippen molar-refractivity contribution in [3.8, 4) is 17.3 Å². The molecule has 174 valence electrons. The van der Waals surface area contributed by atoms with Gasteiger partial charge < -0.3 is 10.3 Å². The molecule has 1 amide bonds. The molecule has 2 heterocycles. The number of benzene rings is 1. The highest BCUT2D eigenvalue weighted by Crippen LogP contribution is 2.35. The number of nitrogens with one attached hydrogen (secondary N) is 1. The van der Waals surface area contributed by atoms with Gasteiger partial charge in [0.05, 0.1) is 35.2 Å². The van der Waals surface area contributed by atoms with Crippen molar-refractivity contribution in [1.82, 2.24) is 14.9 Å². The molecule has 0 aliphatic rings. The number of anilines is 2. The molecule has 2 aromatic heterocycles. The van der Waals surface area contributed by atoms with E-state index >= 15 is 0 Å². The molecule has 1 aromatic carbocycles. The van der Waals surface area contributed by atoms with Crippen LogP contribution in [0.15, 0.2) is 34.9 Å². The number of nitrogens with two attached hydrogens (primary N) is 1. The summed E-state index contributed by atoms with van der Waals surface area (Å²) >= 11 is 0. The average Bonchev–Trinajstić information content (AvgIpc) is 3.33. The van der Waals surface area contributed by atoms with Gasteiger partial charge in [-0.25, -0.2) is 4.68 Å². The lowest BCUT2D eigenvalue weighted by Crippen LogP contribution is -2.27. The minimum atomic E-state index is -1.58. The van der Waals surface area contributed by atoms with Crippen molar-refractivity contribution < 1.29 is 9.32 Å². The zero-order valence-electron chi connectivity index (χ0n) is 20.7. The van der Waals surface area contributed by atoms with E-state index in [0.29, 0.717) is 17.1 Å². The number of carbonyl (C=O) groups excluding carboxylic acids is 1. The van der Waals surface area contributed by atoms with E-state index in [-0.39, 0.29) is 22.7 Å². The largest absolute Gasteiger partial charge is 0.383 e. The number of hydrogen-bond acceptors (Lipinski definition) is 6. The summed E-state index contributed by atoms with van der Waals surface area (Å²) in [6.45, 7) is 9.76. The summed E-state index contributed by atoms with van der Waals surface area (Å²) in [5, 5.41) is 19.3. The molecule has 3 N–H and O–H groups in total. The molecule has 0 spiro atoms. The normalized spacial score (nSPS) is 13.7. The molecule has 0 bridgehead atoms. The smallest absolute Gasteiger partial charge is 0.234 e. The standard InChI is InChI=1S/C24H27B3N6O2/c1-13(22(34)30-19-10-17(32-35-19)11-23(3,4)5)15-6-8-16(9-7-15)20-18(12-28)21(29)33(31-20)14(2)24(25,26)27/h6-10,13-14H,11,29H2,1-5H3,(H,30,34). The van der Waals surface area contributed by atoms with Crippen LogP contribution in [0, 0.1) is 16.7 Å². The Morgan fingerprint density at radius 1 is 1.23 bits per heavy atom. The molecular formula is C24H27B3N6O2. The Labute approximate surface area is 209 Å². The van der Waals surface area contributed by atoms with Gasteiger partial charge in [-0.15, -0.1) is 5.11 Å². The fourth-order valence-corrected chi connectivity index (χ4v) is 3.57. The first-order valence-electron chi connectivity index (χ1n) is 11.2. The van der Waals surface area contributed by atoms with Gasteiger partial charge in [-0.1, -0.05) is 50.2 Å². The van der Waals surface area contributed by atoms with Crippen molar-refractivity contribution in [2.24, 2.45) is 5.41 Å². The highest BCUT2D eigenvalue weighted by molar-refractivity contribution is 6.59. The lowest BCUT2D eigenvalue weighted by Gasteiger charge is -2.29. The van der Waals surface area contributed by atoms with Gasteiger partial charge in [0, 0.05) is 17.7 Å². The van der Waals surface area contributed by atoms with Crippen molar-refractivity contribution >= 4 is 41.1 Å². The van der Waals surface area contributed by atoms with E-state index in [0.717, 1.165) is 17.7 Å². The van der Waals surface area contributed by atoms with E-state index in [1.54, 1.807) is 44.2 Å². The first-order chi connectivity index (χ1) is 16.2. The van der Waals surface area contributed by atoms with Crippen LogP contribution >= 0.6 is 0 Å². The Bertz CT molecular complexity index is 1250. The van der Waals surface area contributed by atoms with Gasteiger partial charge >= 0.3 is 0 Å². The molecular weight excluding hydrogens is 437 g/mol. The summed E-state index contributed by atoms with van der Waals surface area (Å²) in [4.78, 5) is 12.8. The molecule has 6 radical (unpaired) electrons. The molecule has 0 aliphatic carbocycles. The fourth-order valence-electron chi connectivity index (χ4n) is 3.57. The van der Waals surface area contributed by atoms with E-state index in [4.69, 9.17) is 33.8 Å². The summed E-state index contributed by atoms with van der Waals surface area (Å²) in [5.74, 6) is -0.273. The summed E-state index contributed by atoms with van der Waals surface area (Å²) in [5.41, 5.74) is 8.93. The van der Waals surface area contributed by atoms with Gasteiger partial charge in [0.15, 0.2) is 0 Å². The first kappa shape index (κ1) is 26.2. The number of nitriles is 1. The third kappa shape index (κ3) is 6.00. The number of hydrogen-bond donors (Lipinski definition) is 2. The van der Waals surface area contributed by atoms with Crippen LogP contribution in [-0.2, 0) is 11.2 Å². The molecule has 2 atom stereocenters. The van der Waals surface area contributed by atoms with Crippen LogP contribution in [0.25, 0.3) is 11.3 Å². The van der Waals surface area contributed by atoms with E-state index in [9.17, 15) is 10.1 Å². The van der Waals surface area contributed by atoms with Gasteiger partial charge in [-0.2, -0.15) is 10.4 Å². The predicted molar refractivity (Wildman–Crippen MR) is 138 cm³/mol. The van der Waals surface area contributed by atoms with Crippen LogP contribution in [0.1, 0.15) is 63.4 Å². The molecule has 0 fully saturated rings. The second-order valence-electron chi connectivity index (χ2n) is 10.1. The predicted octanol–water partition coefficient (Wildman–Crippen LogP) is 3.46. The Morgan fingerprint density at radius 2 is 1.86 bits per heavy atom. The minimum Gasteiger partial charge on any atom is -0.383 e. The van der Waals surface area contributed by atoms with Crippen LogP contribution in [0.5, 0.6) is 0 Å². The Hall–Kier alpha value is -3.41. The van der Waals surface area contributed by atoms with E-state index < -0.39 is 17.1 Å². The van der Waals surface area contributed by atoms with Gasteiger partial charge in [-0.3, -0.25) is 10.1 Å². The van der Waals surface area contributed by atoms with Gasteiger partial charge in [0.1, 0.15) is 23.1 Å². The van der Waals surface area contributed by atoms with Crippen LogP contribution in [0.2, 0.25) is 5.11 Å². The lowest BCUT2D eigenvalue weighted by atomic mass is 9.40. The third-order valence-corrected chi connectivity index (χ3v) is 5.74. The topological polar surface area (TPSA) is 123 Å². The molecule has 3 rings (SSSR count). The Kier molecular flexibility index (Phi) is 7.25. The first-order valence-corrected chi connectivity index (χ1v) is 11.2. The number of carbonyl (C=O) groups is 1. The maximum atomic E-state index is 12.8. The number of nitrogens with zero attached hydrogens (tertiary/aromatic N) is 4. The maximum Gasteiger partial charge on any atom is 0.234 e. The minimum absolute atomic E-state index is 0.0548. The van der Waals surface area contributed by atoms with Crippen LogP contribution in [-0.4, -0.2) is 44.4 Å². The van der Waals surface area contributed by atoms with E-state index in [1.807, 2.05) is 0 Å². The molecule has 8 nitrogen and oxygen atoms in total. The highest BCUT2D eigenvalue weighted by Gasteiger charge is 2.27. The quantitative estimate of drug-likeness (QED) is 0.517. The van der Waals surface area contributed by atoms with Crippen molar-refractivity contribution in [2.75, 3.05) is 11.1 Å². The SMILES string of the molecule is [B]C([B])([B])C(C)n1nc(-c2ccc(C(C)C(=O)Nc3cc(CC(C)(C)C)no3)cc2)c(C#N)c1N. The molecule has 3 aromatic rings. The number of nitrogen functional groups attached to an aromatic ring is 1. The van der Waals surface area contributed by atoms with Crippen LogP contribution < -0.4 is 11.1 Å². The maximum absolute atomic E-state index is 12.8. The van der Waals surface area contributed by atoms with Gasteiger partial charge in [-0.05, 0) is 31.2 Å². The van der Waals surface area contributed by atoms with Crippen LogP contribution in [0.4, 0.5) is 11.7 Å². The Balaban J connectivity index is 1.78. The Morgan fingerprint density at radius 3 is 2.40 bits per heavy atom. The van der Waals surface area contributed by atoms with E-state index in [1.165, 1.54) is 4.68 Å². The number of amides is 1. The highest BCUT2D eigenvalue weighted by atomic mass is 16.5. The molecule has 2 unspecified atom stereocenters. The van der Waals surface area contributed by atoms with Crippen LogP contribution in [0.3, 0.4) is 0 Å². The van der Waals surface area contributed by atoms with E-state index in [2.05, 4.69) is 42.4 Å². The zero-order chi connectivity index (χ0) is 26.1. The number of rotatable bonds is 7. The van der Waals surface area contributed by atoms with Crippen molar-refractivity contribution in [2.45, 2.75) is 58.1 Å². The molecule has 0 saturated heterocycles. The third-order valence-electron chi connectivity index (χ3n) is 5.74. The van der Waals surface area contributed by atoms with Crippen molar-refractivity contribution in [1.29, 1.82) is 5.26 Å².